The van der Waals surface area contributed by atoms with Crippen molar-refractivity contribution in [3.05, 3.63) is 71.8 Å². The van der Waals surface area contributed by atoms with Gasteiger partial charge >= 0.3 is 5.97 Å². The molecule has 5 rings (SSSR count). The third-order valence-corrected chi connectivity index (χ3v) is 13.2. The highest BCUT2D eigenvalue weighted by atomic mass is 28.4. The van der Waals surface area contributed by atoms with Crippen LogP contribution in [0.5, 0.6) is 0 Å². The first-order chi connectivity index (χ1) is 15.8. The molecule has 3 nitrogen and oxygen atoms in total. The molecule has 174 valence electrons. The van der Waals surface area contributed by atoms with Crippen molar-refractivity contribution in [2.24, 2.45) is 17.8 Å². The van der Waals surface area contributed by atoms with E-state index in [1.54, 1.807) is 11.1 Å². The van der Waals surface area contributed by atoms with Gasteiger partial charge in [0.15, 0.2) is 0 Å². The average molecular weight is 461 g/mol. The highest BCUT2D eigenvalue weighted by Crippen LogP contribution is 2.60. The first-order valence-corrected chi connectivity index (χ1v) is 14.4. The lowest BCUT2D eigenvalue weighted by molar-refractivity contribution is -0.145. The van der Waals surface area contributed by atoms with Gasteiger partial charge in [0.1, 0.15) is 0 Å². The molecule has 33 heavy (non-hydrogen) atoms. The Kier molecular flexibility index (Phi) is 5.86. The fraction of sp³-hybridized carbons (Fsp3) is 0.483. The van der Waals surface area contributed by atoms with Crippen molar-refractivity contribution >= 4 is 24.7 Å². The summed E-state index contributed by atoms with van der Waals surface area (Å²) in [6.07, 6.45) is 4.37. The first kappa shape index (κ1) is 22.6. The fourth-order valence-corrected chi connectivity index (χ4v) is 11.2. The van der Waals surface area contributed by atoms with E-state index in [-0.39, 0.29) is 23.0 Å². The summed E-state index contributed by atoms with van der Waals surface area (Å²) in [4.78, 5) is 12.3. The summed E-state index contributed by atoms with van der Waals surface area (Å²) in [5.41, 5.74) is 3.12. The van der Waals surface area contributed by atoms with Crippen molar-refractivity contribution in [1.29, 1.82) is 0 Å². The summed E-state index contributed by atoms with van der Waals surface area (Å²) >= 11 is 0. The fourth-order valence-electron chi connectivity index (χ4n) is 6.55. The summed E-state index contributed by atoms with van der Waals surface area (Å²) in [5, 5.41) is 2.69. The molecule has 2 unspecified atom stereocenters. The van der Waals surface area contributed by atoms with E-state index in [9.17, 15) is 4.79 Å². The van der Waals surface area contributed by atoms with Gasteiger partial charge in [0.2, 0.25) is 0 Å². The van der Waals surface area contributed by atoms with Crippen LogP contribution in [0.1, 0.15) is 53.4 Å². The van der Waals surface area contributed by atoms with Crippen LogP contribution in [0.15, 0.2) is 71.8 Å². The monoisotopic (exact) mass is 460 g/mol. The van der Waals surface area contributed by atoms with E-state index in [0.29, 0.717) is 18.4 Å². The van der Waals surface area contributed by atoms with Gasteiger partial charge in [-0.15, -0.1) is 0 Å². The van der Waals surface area contributed by atoms with Crippen molar-refractivity contribution in [2.75, 3.05) is 6.61 Å². The van der Waals surface area contributed by atoms with E-state index in [0.717, 1.165) is 25.7 Å². The number of ether oxygens (including phenoxy) is 1. The van der Waals surface area contributed by atoms with Crippen LogP contribution < -0.4 is 10.4 Å². The Morgan fingerprint density at radius 1 is 0.848 bits per heavy atom. The second-order valence-electron chi connectivity index (χ2n) is 11.0. The van der Waals surface area contributed by atoms with Gasteiger partial charge in [-0.05, 0) is 59.9 Å². The minimum Gasteiger partial charge on any atom is -0.466 e. The molecule has 2 aromatic carbocycles. The van der Waals surface area contributed by atoms with E-state index >= 15 is 0 Å². The summed E-state index contributed by atoms with van der Waals surface area (Å²) < 4.78 is 12.7. The highest BCUT2D eigenvalue weighted by Gasteiger charge is 2.59. The minimum absolute atomic E-state index is 0.00402. The average Bonchev–Trinajstić information content (AvgIpc) is 3.36. The van der Waals surface area contributed by atoms with Gasteiger partial charge in [-0.3, -0.25) is 4.79 Å². The van der Waals surface area contributed by atoms with Crippen molar-refractivity contribution in [1.82, 2.24) is 0 Å². The third kappa shape index (κ3) is 3.91. The van der Waals surface area contributed by atoms with Gasteiger partial charge < -0.3 is 9.16 Å². The van der Waals surface area contributed by atoms with Crippen molar-refractivity contribution in [3.63, 3.8) is 0 Å². The molecule has 2 aromatic rings. The number of rotatable bonds is 6. The van der Waals surface area contributed by atoms with Crippen LogP contribution in [0, 0.1) is 17.8 Å². The molecule has 0 amide bonds. The van der Waals surface area contributed by atoms with Crippen LogP contribution in [-0.4, -0.2) is 27.0 Å². The SMILES string of the molecule is CCOC(=O)C1[C@H]2CC3=C(CC(O[Si](c4ccccc4)(c4ccccc4)C(C)(C)C)C3)C[C@@H]12. The summed E-state index contributed by atoms with van der Waals surface area (Å²) in [6, 6.07) is 21.9. The maximum Gasteiger partial charge on any atom is 0.309 e. The zero-order chi connectivity index (χ0) is 23.2. The van der Waals surface area contributed by atoms with E-state index in [1.807, 2.05) is 6.92 Å². The molecular formula is C29H36O3Si. The Hall–Kier alpha value is -2.17. The lowest BCUT2D eigenvalue weighted by Gasteiger charge is -2.44. The number of hydrogen-bond acceptors (Lipinski definition) is 3. The number of carbonyl (C=O) groups is 1. The van der Waals surface area contributed by atoms with E-state index in [2.05, 4.69) is 81.4 Å². The lowest BCUT2D eigenvalue weighted by Crippen LogP contribution is -2.67. The maximum absolute atomic E-state index is 12.3. The molecule has 0 aliphatic heterocycles. The summed E-state index contributed by atoms with van der Waals surface area (Å²) in [5.74, 6) is 1.14. The maximum atomic E-state index is 12.3. The molecule has 4 heteroatoms. The van der Waals surface area contributed by atoms with Crippen LogP contribution in [0.3, 0.4) is 0 Å². The summed E-state index contributed by atoms with van der Waals surface area (Å²) in [6.45, 7) is 9.42. The molecule has 0 radical (unpaired) electrons. The predicted molar refractivity (Wildman–Crippen MR) is 135 cm³/mol. The van der Waals surface area contributed by atoms with E-state index in [4.69, 9.17) is 9.16 Å². The van der Waals surface area contributed by atoms with E-state index < -0.39 is 8.32 Å². The standard InChI is InChI=1S/C29H36O3Si/c1-5-31-28(30)27-25-18-20-16-22(17-21(20)19-26(25)27)32-33(29(2,3)4,23-12-8-6-9-13-23)24-14-10-7-11-15-24/h6-15,22,25-27H,5,16-19H2,1-4H3/t22?,25-,26+,27?. The van der Waals surface area contributed by atoms with Crippen LogP contribution in [-0.2, 0) is 14.0 Å². The largest absolute Gasteiger partial charge is 0.466 e. The molecule has 0 bridgehead atoms. The van der Waals surface area contributed by atoms with Gasteiger partial charge in [-0.2, -0.15) is 0 Å². The molecule has 3 aliphatic rings. The number of hydrogen-bond donors (Lipinski definition) is 0. The van der Waals surface area contributed by atoms with Crippen LogP contribution in [0.4, 0.5) is 0 Å². The zero-order valence-electron chi connectivity index (χ0n) is 20.3. The van der Waals surface area contributed by atoms with Gasteiger partial charge in [0.05, 0.1) is 18.6 Å². The van der Waals surface area contributed by atoms with Gasteiger partial charge in [-0.25, -0.2) is 0 Å². The Balaban J connectivity index is 1.40. The van der Waals surface area contributed by atoms with E-state index in [1.165, 1.54) is 10.4 Å². The van der Waals surface area contributed by atoms with Gasteiger partial charge in [0.25, 0.3) is 8.32 Å². The molecule has 0 saturated heterocycles. The second-order valence-corrected chi connectivity index (χ2v) is 15.3. The third-order valence-electron chi connectivity index (χ3n) is 8.06. The van der Waals surface area contributed by atoms with Crippen molar-refractivity contribution in [3.8, 4) is 0 Å². The number of benzene rings is 2. The normalized spacial score (nSPS) is 26.5. The molecule has 0 aromatic heterocycles. The smallest absolute Gasteiger partial charge is 0.309 e. The molecule has 0 spiro atoms. The number of fused-ring (bicyclic) bond motifs is 1. The van der Waals surface area contributed by atoms with Crippen LogP contribution in [0.25, 0.3) is 0 Å². The minimum atomic E-state index is -2.53. The molecular weight excluding hydrogens is 424 g/mol. The first-order valence-electron chi connectivity index (χ1n) is 12.5. The Labute approximate surface area is 199 Å². The van der Waals surface area contributed by atoms with Gasteiger partial charge in [-0.1, -0.05) is 92.6 Å². The Morgan fingerprint density at radius 3 is 1.76 bits per heavy atom. The quantitative estimate of drug-likeness (QED) is 0.336. The Bertz CT molecular complexity index is 974. The zero-order valence-corrected chi connectivity index (χ0v) is 21.3. The Morgan fingerprint density at radius 2 is 1.33 bits per heavy atom. The number of esters is 1. The molecule has 0 N–H and O–H groups in total. The van der Waals surface area contributed by atoms with Gasteiger partial charge in [0, 0.05) is 0 Å². The molecule has 1 saturated carbocycles. The van der Waals surface area contributed by atoms with Crippen LogP contribution in [0.2, 0.25) is 5.04 Å². The molecule has 3 aliphatic carbocycles. The van der Waals surface area contributed by atoms with Crippen molar-refractivity contribution in [2.45, 2.75) is 64.5 Å². The lowest BCUT2D eigenvalue weighted by atomic mass is 9.94. The molecule has 0 heterocycles. The molecule has 1 fully saturated rings. The predicted octanol–water partition coefficient (Wildman–Crippen LogP) is 5.24. The van der Waals surface area contributed by atoms with Crippen LogP contribution >= 0.6 is 0 Å². The van der Waals surface area contributed by atoms with Crippen molar-refractivity contribution < 1.29 is 14.0 Å². The topological polar surface area (TPSA) is 35.5 Å². The number of carbonyl (C=O) groups excluding carboxylic acids is 1. The second kappa shape index (κ2) is 8.55. The molecule has 4 atom stereocenters. The summed E-state index contributed by atoms with van der Waals surface area (Å²) in [7, 11) is -2.53. The highest BCUT2D eigenvalue weighted by molar-refractivity contribution is 6.99.